The average Bonchev–Trinajstić information content (AvgIpc) is 3.23. The van der Waals surface area contributed by atoms with Gasteiger partial charge >= 0.3 is 0 Å². The molecule has 1 aliphatic carbocycles. The predicted molar refractivity (Wildman–Crippen MR) is 91.8 cm³/mol. The quantitative estimate of drug-likeness (QED) is 0.600. The predicted octanol–water partition coefficient (Wildman–Crippen LogP) is 2.55. The Morgan fingerprint density at radius 1 is 1.30 bits per heavy atom. The van der Waals surface area contributed by atoms with Crippen LogP contribution in [0.4, 0.5) is 5.13 Å². The third-order valence-electron chi connectivity index (χ3n) is 4.30. The van der Waals surface area contributed by atoms with E-state index in [4.69, 9.17) is 0 Å². The number of piperidine rings is 1. The average molecular weight is 355 g/mol. The zero-order valence-electron chi connectivity index (χ0n) is 13.5. The van der Waals surface area contributed by atoms with Crippen LogP contribution in [0.25, 0.3) is 0 Å². The monoisotopic (exact) mass is 354 g/mol. The molecule has 3 rings (SSSR count). The maximum Gasteiger partial charge on any atom is 0.233 e. The van der Waals surface area contributed by atoms with E-state index in [1.54, 1.807) is 11.8 Å². The van der Waals surface area contributed by atoms with Crippen LogP contribution in [-0.2, 0) is 9.59 Å². The number of hydrogen-bond acceptors (Lipinski definition) is 6. The normalized spacial score (nSPS) is 21.3. The van der Waals surface area contributed by atoms with Crippen LogP contribution < -0.4 is 4.90 Å². The number of carbonyl (C=O) groups is 2. The van der Waals surface area contributed by atoms with Crippen LogP contribution in [0.5, 0.6) is 0 Å². The smallest absolute Gasteiger partial charge is 0.233 e. The summed E-state index contributed by atoms with van der Waals surface area (Å²) in [5.41, 5.74) is 0. The molecule has 8 heteroatoms. The van der Waals surface area contributed by atoms with Gasteiger partial charge in [0.15, 0.2) is 4.34 Å². The minimum Gasteiger partial charge on any atom is -0.339 e. The molecule has 0 spiro atoms. The van der Waals surface area contributed by atoms with Crippen molar-refractivity contribution >= 4 is 40.0 Å². The lowest BCUT2D eigenvalue weighted by Crippen LogP contribution is -2.42. The summed E-state index contributed by atoms with van der Waals surface area (Å²) in [6.07, 6.45) is 5.47. The van der Waals surface area contributed by atoms with Crippen LogP contribution in [0.2, 0.25) is 0 Å². The molecule has 2 amide bonds. The summed E-state index contributed by atoms with van der Waals surface area (Å²) < 4.78 is 0.755. The minimum atomic E-state index is 0.0124. The summed E-state index contributed by atoms with van der Waals surface area (Å²) in [4.78, 5) is 27.8. The van der Waals surface area contributed by atoms with E-state index in [0.717, 1.165) is 36.6 Å². The highest BCUT2D eigenvalue weighted by molar-refractivity contribution is 8.01. The van der Waals surface area contributed by atoms with Gasteiger partial charge in [-0.15, -0.1) is 10.2 Å². The van der Waals surface area contributed by atoms with E-state index in [9.17, 15) is 9.59 Å². The molecule has 6 nitrogen and oxygen atoms in total. The third kappa shape index (κ3) is 4.03. The summed E-state index contributed by atoms with van der Waals surface area (Å²) in [6, 6.07) is 0.624. The standard InChI is InChI=1S/C15H22N4O2S2/c1-10-5-3-4-8-18(10)13(21)9-22-15-17-16-14(23-15)19(11(2)20)12-6-7-12/h10,12H,3-9H2,1-2H3. The van der Waals surface area contributed by atoms with Crippen molar-refractivity contribution in [1.82, 2.24) is 15.1 Å². The molecule has 23 heavy (non-hydrogen) atoms. The van der Waals surface area contributed by atoms with Crippen molar-refractivity contribution in [3.63, 3.8) is 0 Å². The van der Waals surface area contributed by atoms with Crippen molar-refractivity contribution in [2.75, 3.05) is 17.2 Å². The van der Waals surface area contributed by atoms with E-state index in [0.29, 0.717) is 16.9 Å². The number of rotatable bonds is 5. The maximum absolute atomic E-state index is 12.3. The van der Waals surface area contributed by atoms with Crippen molar-refractivity contribution < 1.29 is 9.59 Å². The molecule has 0 aromatic carbocycles. The lowest BCUT2D eigenvalue weighted by atomic mass is 10.0. The molecular formula is C15H22N4O2S2. The van der Waals surface area contributed by atoms with Gasteiger partial charge in [-0.1, -0.05) is 23.1 Å². The van der Waals surface area contributed by atoms with Gasteiger partial charge in [0.25, 0.3) is 0 Å². The summed E-state index contributed by atoms with van der Waals surface area (Å²) in [7, 11) is 0. The molecule has 1 saturated heterocycles. The number of nitrogens with zero attached hydrogens (tertiary/aromatic N) is 4. The van der Waals surface area contributed by atoms with Gasteiger partial charge < -0.3 is 4.90 Å². The van der Waals surface area contributed by atoms with Crippen molar-refractivity contribution in [1.29, 1.82) is 0 Å². The van der Waals surface area contributed by atoms with Crippen LogP contribution in [0.15, 0.2) is 4.34 Å². The van der Waals surface area contributed by atoms with Crippen molar-refractivity contribution in [3.05, 3.63) is 0 Å². The first kappa shape index (κ1) is 16.7. The second-order valence-electron chi connectivity index (χ2n) is 6.19. The van der Waals surface area contributed by atoms with Crippen LogP contribution in [0.3, 0.4) is 0 Å². The number of aromatic nitrogens is 2. The summed E-state index contributed by atoms with van der Waals surface area (Å²) in [6.45, 7) is 4.54. The van der Waals surface area contributed by atoms with E-state index >= 15 is 0 Å². The first-order valence-electron chi connectivity index (χ1n) is 8.12. The van der Waals surface area contributed by atoms with E-state index in [-0.39, 0.29) is 17.9 Å². The summed E-state index contributed by atoms with van der Waals surface area (Å²) in [5.74, 6) is 0.575. The van der Waals surface area contributed by atoms with Gasteiger partial charge in [-0.25, -0.2) is 0 Å². The Bertz CT molecular complexity index is 588. The molecule has 1 aromatic heterocycles. The SMILES string of the molecule is CC(=O)N(c1nnc(SCC(=O)N2CCCCC2C)s1)C1CC1. The zero-order valence-corrected chi connectivity index (χ0v) is 15.2. The Kier molecular flexibility index (Phi) is 5.21. The highest BCUT2D eigenvalue weighted by Crippen LogP contribution is 2.35. The Balaban J connectivity index is 1.56. The van der Waals surface area contributed by atoms with Gasteiger partial charge in [-0.2, -0.15) is 0 Å². The third-order valence-corrected chi connectivity index (χ3v) is 6.34. The first-order valence-corrected chi connectivity index (χ1v) is 9.92. The summed E-state index contributed by atoms with van der Waals surface area (Å²) >= 11 is 2.82. The van der Waals surface area contributed by atoms with Gasteiger partial charge in [-0.3, -0.25) is 14.5 Å². The highest BCUT2D eigenvalue weighted by Gasteiger charge is 2.34. The minimum absolute atomic E-state index is 0.0124. The molecule has 0 bridgehead atoms. The second-order valence-corrected chi connectivity index (χ2v) is 8.37. The Hall–Kier alpha value is -1.15. The zero-order chi connectivity index (χ0) is 16.4. The Labute approximate surface area is 144 Å². The fourth-order valence-electron chi connectivity index (χ4n) is 2.91. The Morgan fingerprint density at radius 3 is 2.74 bits per heavy atom. The lowest BCUT2D eigenvalue weighted by molar-refractivity contribution is -0.131. The Morgan fingerprint density at radius 2 is 2.09 bits per heavy atom. The molecule has 126 valence electrons. The number of amides is 2. The number of likely N-dealkylation sites (tertiary alicyclic amines) is 1. The van der Waals surface area contributed by atoms with Crippen LogP contribution in [0, 0.1) is 0 Å². The van der Waals surface area contributed by atoms with E-state index in [1.807, 2.05) is 4.90 Å². The maximum atomic E-state index is 12.3. The van der Waals surface area contributed by atoms with E-state index < -0.39 is 0 Å². The number of thioether (sulfide) groups is 1. The van der Waals surface area contributed by atoms with Crippen LogP contribution >= 0.6 is 23.1 Å². The van der Waals surface area contributed by atoms with Gasteiger partial charge in [-0.05, 0) is 39.0 Å². The molecule has 1 saturated carbocycles. The molecule has 1 aromatic rings. The fraction of sp³-hybridized carbons (Fsp3) is 0.733. The van der Waals surface area contributed by atoms with E-state index in [2.05, 4.69) is 17.1 Å². The van der Waals surface area contributed by atoms with Gasteiger partial charge in [0.1, 0.15) is 0 Å². The van der Waals surface area contributed by atoms with Gasteiger partial charge in [0.2, 0.25) is 16.9 Å². The number of carbonyl (C=O) groups excluding carboxylic acids is 2. The van der Waals surface area contributed by atoms with Crippen molar-refractivity contribution in [3.8, 4) is 0 Å². The highest BCUT2D eigenvalue weighted by atomic mass is 32.2. The van der Waals surface area contributed by atoms with Crippen LogP contribution in [0.1, 0.15) is 46.0 Å². The van der Waals surface area contributed by atoms with Gasteiger partial charge in [0, 0.05) is 25.6 Å². The lowest BCUT2D eigenvalue weighted by Gasteiger charge is -2.33. The molecule has 1 aliphatic heterocycles. The molecule has 1 unspecified atom stereocenters. The van der Waals surface area contributed by atoms with Gasteiger partial charge in [0.05, 0.1) is 5.75 Å². The molecule has 0 N–H and O–H groups in total. The fourth-order valence-corrected chi connectivity index (χ4v) is 4.76. The molecule has 2 aliphatic rings. The molecule has 0 radical (unpaired) electrons. The summed E-state index contributed by atoms with van der Waals surface area (Å²) in [5, 5.41) is 8.92. The van der Waals surface area contributed by atoms with Crippen molar-refractivity contribution in [2.45, 2.75) is 62.4 Å². The van der Waals surface area contributed by atoms with Crippen LogP contribution in [-0.4, -0.2) is 51.3 Å². The second kappa shape index (κ2) is 7.17. The van der Waals surface area contributed by atoms with E-state index in [1.165, 1.54) is 29.5 Å². The molecule has 2 heterocycles. The molecular weight excluding hydrogens is 332 g/mol. The molecule has 2 fully saturated rings. The topological polar surface area (TPSA) is 66.4 Å². The largest absolute Gasteiger partial charge is 0.339 e. The number of anilines is 1. The first-order chi connectivity index (χ1) is 11.1. The van der Waals surface area contributed by atoms with Crippen molar-refractivity contribution in [2.24, 2.45) is 0 Å². The number of hydrogen-bond donors (Lipinski definition) is 0. The molecule has 1 atom stereocenters.